The van der Waals surface area contributed by atoms with Crippen LogP contribution in [0.25, 0.3) is 0 Å². The van der Waals surface area contributed by atoms with Crippen LogP contribution in [0, 0.1) is 0 Å². The lowest BCUT2D eigenvalue weighted by atomic mass is 10.1. The first-order valence-electron chi connectivity index (χ1n) is 6.65. The molecule has 1 N–H and O–H groups in total. The summed E-state index contributed by atoms with van der Waals surface area (Å²) in [5.74, 6) is 0.0595. The normalized spacial score (nSPS) is 8.12. The van der Waals surface area contributed by atoms with Crippen molar-refractivity contribution in [2.75, 3.05) is 5.32 Å². The van der Waals surface area contributed by atoms with Gasteiger partial charge in [0, 0.05) is 12.1 Å². The van der Waals surface area contributed by atoms with Crippen LogP contribution in [0.5, 0.6) is 0 Å². The Kier molecular flexibility index (Phi) is 13.6. The minimum absolute atomic E-state index is 0.0595. The van der Waals surface area contributed by atoms with Gasteiger partial charge in [-0.3, -0.25) is 4.79 Å². The van der Waals surface area contributed by atoms with Crippen LogP contribution in [0.4, 0.5) is 5.69 Å². The molecule has 0 aliphatic rings. The first-order chi connectivity index (χ1) is 8.26. The quantitative estimate of drug-likeness (QED) is 0.814. The van der Waals surface area contributed by atoms with Crippen LogP contribution in [0.3, 0.4) is 0 Å². The minimum Gasteiger partial charge on any atom is -0.326 e. The van der Waals surface area contributed by atoms with Crippen LogP contribution < -0.4 is 5.32 Å². The molecule has 1 aromatic rings. The molecule has 0 heterocycles. The predicted octanol–water partition coefficient (Wildman–Crippen LogP) is 4.65. The summed E-state index contributed by atoms with van der Waals surface area (Å²) in [7, 11) is 0. The third-order valence-electron chi connectivity index (χ3n) is 1.97. The van der Waals surface area contributed by atoms with E-state index in [1.54, 1.807) is 0 Å². The number of hydrogen-bond acceptors (Lipinski definition) is 1. The first kappa shape index (κ1) is 18.1. The van der Waals surface area contributed by atoms with E-state index in [0.29, 0.717) is 6.42 Å². The second kappa shape index (κ2) is 12.8. The van der Waals surface area contributed by atoms with Gasteiger partial charge in [0.15, 0.2) is 0 Å². The van der Waals surface area contributed by atoms with E-state index in [4.69, 9.17) is 0 Å². The molecule has 1 rings (SSSR count). The Hall–Kier alpha value is -1.31. The summed E-state index contributed by atoms with van der Waals surface area (Å²) < 4.78 is 0. The number of carbonyl (C=O) groups is 1. The number of amides is 1. The molecule has 0 aliphatic carbocycles. The maximum absolute atomic E-state index is 11.0. The zero-order valence-corrected chi connectivity index (χ0v) is 12.1. The van der Waals surface area contributed by atoms with Gasteiger partial charge in [-0.25, -0.2) is 0 Å². The fourth-order valence-corrected chi connectivity index (χ4v) is 1.07. The van der Waals surface area contributed by atoms with Crippen LogP contribution in [0.15, 0.2) is 24.3 Å². The highest BCUT2D eigenvalue weighted by molar-refractivity contribution is 5.90. The van der Waals surface area contributed by atoms with Crippen molar-refractivity contribution in [2.24, 2.45) is 0 Å². The highest BCUT2D eigenvalue weighted by Crippen LogP contribution is 2.09. The van der Waals surface area contributed by atoms with Gasteiger partial charge in [0.25, 0.3) is 0 Å². The average Bonchev–Trinajstić information content (AvgIpc) is 2.44. The Balaban J connectivity index is 0. The second-order valence-electron chi connectivity index (χ2n) is 2.95. The smallest absolute Gasteiger partial charge is 0.224 e. The number of carbonyl (C=O) groups excluding carboxylic acids is 1. The molecule has 98 valence electrons. The van der Waals surface area contributed by atoms with Gasteiger partial charge in [-0.1, -0.05) is 53.7 Å². The fourth-order valence-electron chi connectivity index (χ4n) is 1.07. The molecule has 0 aliphatic heterocycles. The molecule has 0 saturated heterocycles. The Labute approximate surface area is 106 Å². The van der Waals surface area contributed by atoms with Crippen molar-refractivity contribution in [2.45, 2.75) is 54.4 Å². The standard InChI is InChI=1S/C11H15NO.2C2H6/c1-3-9-5-7-10(8-6-9)12-11(13)4-2;2*1-2/h5-8H,3-4H2,1-2H3,(H,12,13);2*1-2H3. The van der Waals surface area contributed by atoms with Crippen LogP contribution in [-0.2, 0) is 11.2 Å². The van der Waals surface area contributed by atoms with Crippen LogP contribution in [0.2, 0.25) is 0 Å². The molecule has 0 aromatic heterocycles. The number of anilines is 1. The number of aryl methyl sites for hydroxylation is 1. The maximum atomic E-state index is 11.0. The summed E-state index contributed by atoms with van der Waals surface area (Å²) in [5, 5.41) is 2.80. The van der Waals surface area contributed by atoms with Crippen molar-refractivity contribution >= 4 is 11.6 Å². The highest BCUT2D eigenvalue weighted by atomic mass is 16.1. The number of hydrogen-bond donors (Lipinski definition) is 1. The van der Waals surface area contributed by atoms with Crippen LogP contribution in [-0.4, -0.2) is 5.91 Å². The predicted molar refractivity (Wildman–Crippen MR) is 77.4 cm³/mol. The molecule has 0 atom stereocenters. The Morgan fingerprint density at radius 3 is 1.82 bits per heavy atom. The Morgan fingerprint density at radius 2 is 1.47 bits per heavy atom. The van der Waals surface area contributed by atoms with E-state index in [9.17, 15) is 4.79 Å². The summed E-state index contributed by atoms with van der Waals surface area (Å²) >= 11 is 0. The van der Waals surface area contributed by atoms with E-state index in [1.165, 1.54) is 5.56 Å². The largest absolute Gasteiger partial charge is 0.326 e. The van der Waals surface area contributed by atoms with Crippen molar-refractivity contribution in [1.29, 1.82) is 0 Å². The summed E-state index contributed by atoms with van der Waals surface area (Å²) in [5.41, 5.74) is 2.17. The molecular weight excluding hydrogens is 210 g/mol. The van der Waals surface area contributed by atoms with Gasteiger partial charge in [0.05, 0.1) is 0 Å². The third kappa shape index (κ3) is 8.49. The zero-order valence-electron chi connectivity index (χ0n) is 12.1. The molecule has 0 unspecified atom stereocenters. The van der Waals surface area contributed by atoms with Crippen LogP contribution >= 0.6 is 0 Å². The SMILES string of the molecule is CC.CC.CCC(=O)Nc1ccc(CC)cc1. The minimum atomic E-state index is 0.0595. The van der Waals surface area contributed by atoms with E-state index in [0.717, 1.165) is 12.1 Å². The molecule has 0 spiro atoms. The van der Waals surface area contributed by atoms with Crippen molar-refractivity contribution < 1.29 is 4.79 Å². The van der Waals surface area contributed by atoms with Gasteiger partial charge in [0.2, 0.25) is 5.91 Å². The zero-order chi connectivity index (χ0) is 13.7. The molecule has 1 amide bonds. The lowest BCUT2D eigenvalue weighted by Crippen LogP contribution is -2.09. The summed E-state index contributed by atoms with van der Waals surface area (Å²) in [6.45, 7) is 12.0. The molecule has 0 bridgehead atoms. The monoisotopic (exact) mass is 237 g/mol. The van der Waals surface area contributed by atoms with E-state index < -0.39 is 0 Å². The average molecular weight is 237 g/mol. The molecule has 17 heavy (non-hydrogen) atoms. The maximum Gasteiger partial charge on any atom is 0.224 e. The second-order valence-corrected chi connectivity index (χ2v) is 2.95. The van der Waals surface area contributed by atoms with E-state index in [2.05, 4.69) is 12.2 Å². The summed E-state index contributed by atoms with van der Waals surface area (Å²) in [6.07, 6.45) is 1.55. The van der Waals surface area contributed by atoms with Gasteiger partial charge in [-0.05, 0) is 24.1 Å². The molecule has 2 heteroatoms. The van der Waals surface area contributed by atoms with Gasteiger partial charge in [-0.2, -0.15) is 0 Å². The fraction of sp³-hybridized carbons (Fsp3) is 0.533. The van der Waals surface area contributed by atoms with Crippen molar-refractivity contribution in [3.05, 3.63) is 29.8 Å². The lowest BCUT2D eigenvalue weighted by molar-refractivity contribution is -0.115. The van der Waals surface area contributed by atoms with E-state index >= 15 is 0 Å². The number of nitrogens with one attached hydrogen (secondary N) is 1. The molecular formula is C15H27NO. The number of rotatable bonds is 3. The van der Waals surface area contributed by atoms with Crippen molar-refractivity contribution in [1.82, 2.24) is 0 Å². The molecule has 1 aromatic carbocycles. The third-order valence-corrected chi connectivity index (χ3v) is 1.97. The topological polar surface area (TPSA) is 29.1 Å². The van der Waals surface area contributed by atoms with Gasteiger partial charge in [0.1, 0.15) is 0 Å². The van der Waals surface area contributed by atoms with Gasteiger partial charge >= 0.3 is 0 Å². The lowest BCUT2D eigenvalue weighted by Gasteiger charge is -2.03. The summed E-state index contributed by atoms with van der Waals surface area (Å²) in [6, 6.07) is 7.94. The van der Waals surface area contributed by atoms with Crippen molar-refractivity contribution in [3.63, 3.8) is 0 Å². The van der Waals surface area contributed by atoms with E-state index in [1.807, 2.05) is 58.9 Å². The molecule has 0 radical (unpaired) electrons. The molecule has 2 nitrogen and oxygen atoms in total. The van der Waals surface area contributed by atoms with Crippen molar-refractivity contribution in [3.8, 4) is 0 Å². The first-order valence-corrected chi connectivity index (χ1v) is 6.65. The Morgan fingerprint density at radius 1 is 1.00 bits per heavy atom. The van der Waals surface area contributed by atoms with Crippen LogP contribution in [0.1, 0.15) is 53.5 Å². The number of benzene rings is 1. The van der Waals surface area contributed by atoms with E-state index in [-0.39, 0.29) is 5.91 Å². The van der Waals surface area contributed by atoms with Gasteiger partial charge in [-0.15, -0.1) is 0 Å². The molecule has 0 fully saturated rings. The summed E-state index contributed by atoms with van der Waals surface area (Å²) in [4.78, 5) is 11.0. The molecule has 0 saturated carbocycles. The van der Waals surface area contributed by atoms with Gasteiger partial charge < -0.3 is 5.32 Å². The Bertz CT molecular complexity index is 277. The highest BCUT2D eigenvalue weighted by Gasteiger charge is 1.97.